The Bertz CT molecular complexity index is 808. The van der Waals surface area contributed by atoms with E-state index in [1.165, 1.54) is 22.7 Å². The average Bonchev–Trinajstić information content (AvgIpc) is 2.88. The maximum atomic E-state index is 13.4. The minimum atomic E-state index is -3.12. The lowest BCUT2D eigenvalue weighted by Gasteiger charge is -2.29. The average molecular weight is 337 g/mol. The van der Waals surface area contributed by atoms with Gasteiger partial charge >= 0.3 is 0 Å². The van der Waals surface area contributed by atoms with E-state index in [1.54, 1.807) is 12.3 Å². The van der Waals surface area contributed by atoms with Gasteiger partial charge in [0.1, 0.15) is 11.6 Å². The molecule has 5 nitrogen and oxygen atoms in total. The molecular weight excluding hydrogens is 317 g/mol. The van der Waals surface area contributed by atoms with E-state index in [9.17, 15) is 12.8 Å². The van der Waals surface area contributed by atoms with E-state index in [2.05, 4.69) is 4.98 Å². The summed E-state index contributed by atoms with van der Waals surface area (Å²) in [6, 6.07) is 6.45. The first-order valence-corrected chi connectivity index (χ1v) is 9.44. The molecular formula is C16H20FN3O2S. The summed E-state index contributed by atoms with van der Waals surface area (Å²) < 4.78 is 40.1. The molecule has 1 saturated heterocycles. The topological polar surface area (TPSA) is 55.2 Å². The minimum absolute atomic E-state index is 0.223. The van der Waals surface area contributed by atoms with Gasteiger partial charge in [-0.05, 0) is 25.0 Å². The van der Waals surface area contributed by atoms with Crippen molar-refractivity contribution in [3.05, 3.63) is 42.1 Å². The number of sulfonamides is 1. The third-order valence-corrected chi connectivity index (χ3v) is 5.74. The van der Waals surface area contributed by atoms with Crippen LogP contribution in [0.4, 0.5) is 4.39 Å². The summed E-state index contributed by atoms with van der Waals surface area (Å²) in [5.74, 6) is 0.879. The van der Waals surface area contributed by atoms with Gasteiger partial charge in [-0.15, -0.1) is 0 Å². The Kier molecular flexibility index (Phi) is 4.25. The number of rotatable bonds is 3. The lowest BCUT2D eigenvalue weighted by molar-refractivity contribution is 0.313. The van der Waals surface area contributed by atoms with Crippen molar-refractivity contribution in [2.75, 3.05) is 19.3 Å². The molecule has 2 aromatic rings. The quantitative estimate of drug-likeness (QED) is 0.864. The van der Waals surface area contributed by atoms with Gasteiger partial charge in [-0.25, -0.2) is 22.1 Å². The van der Waals surface area contributed by atoms with Crippen LogP contribution in [0.1, 0.15) is 24.6 Å². The molecule has 7 heteroatoms. The molecule has 1 aliphatic heterocycles. The fourth-order valence-corrected chi connectivity index (χ4v) is 4.04. The molecule has 0 saturated carbocycles. The molecule has 0 radical (unpaired) electrons. The molecule has 0 N–H and O–H groups in total. The number of piperidine rings is 1. The van der Waals surface area contributed by atoms with E-state index in [1.807, 2.05) is 17.7 Å². The Morgan fingerprint density at radius 2 is 1.96 bits per heavy atom. The SMILES string of the molecule is Cn1c(-c2cccc(F)c2)cnc1C1CCN(S(C)(=O)=O)CC1. The second-order valence-corrected chi connectivity index (χ2v) is 7.99. The van der Waals surface area contributed by atoms with Crippen molar-refractivity contribution in [3.63, 3.8) is 0 Å². The first kappa shape index (κ1) is 16.1. The van der Waals surface area contributed by atoms with Gasteiger partial charge < -0.3 is 4.57 Å². The number of imidazole rings is 1. The lowest BCUT2D eigenvalue weighted by atomic mass is 9.97. The predicted octanol–water partition coefficient (Wildman–Crippen LogP) is 2.37. The standard InChI is InChI=1S/C16H20FN3O2S/c1-19-15(13-4-3-5-14(17)10-13)11-18-16(19)12-6-8-20(9-7-12)23(2,21)22/h3-5,10-12H,6-9H2,1-2H3. The summed E-state index contributed by atoms with van der Waals surface area (Å²) in [4.78, 5) is 4.51. The number of aromatic nitrogens is 2. The molecule has 1 aromatic carbocycles. The number of benzene rings is 1. The van der Waals surface area contributed by atoms with Crippen molar-refractivity contribution in [3.8, 4) is 11.3 Å². The fraction of sp³-hybridized carbons (Fsp3) is 0.438. The summed E-state index contributed by atoms with van der Waals surface area (Å²) in [6.07, 6.45) is 4.50. The van der Waals surface area contributed by atoms with Gasteiger partial charge in [-0.2, -0.15) is 0 Å². The molecule has 2 heterocycles. The maximum absolute atomic E-state index is 13.4. The molecule has 1 aromatic heterocycles. The van der Waals surface area contributed by atoms with Crippen molar-refractivity contribution in [2.45, 2.75) is 18.8 Å². The minimum Gasteiger partial charge on any atom is -0.331 e. The van der Waals surface area contributed by atoms with Gasteiger partial charge in [0.15, 0.2) is 0 Å². The number of halogens is 1. The van der Waals surface area contributed by atoms with Crippen LogP contribution in [0.2, 0.25) is 0 Å². The van der Waals surface area contributed by atoms with Crippen LogP contribution < -0.4 is 0 Å². The summed E-state index contributed by atoms with van der Waals surface area (Å²) >= 11 is 0. The summed E-state index contributed by atoms with van der Waals surface area (Å²) in [5.41, 5.74) is 1.66. The van der Waals surface area contributed by atoms with Gasteiger partial charge in [-0.1, -0.05) is 12.1 Å². The fourth-order valence-electron chi connectivity index (χ4n) is 3.16. The van der Waals surface area contributed by atoms with Gasteiger partial charge in [0.25, 0.3) is 0 Å². The van der Waals surface area contributed by atoms with Crippen LogP contribution in [0.5, 0.6) is 0 Å². The van der Waals surface area contributed by atoms with E-state index < -0.39 is 10.0 Å². The van der Waals surface area contributed by atoms with E-state index in [-0.39, 0.29) is 11.7 Å². The summed E-state index contributed by atoms with van der Waals surface area (Å²) in [6.45, 7) is 1.04. The molecule has 0 spiro atoms. The van der Waals surface area contributed by atoms with Crippen molar-refractivity contribution >= 4 is 10.0 Å². The number of hydrogen-bond donors (Lipinski definition) is 0. The Morgan fingerprint density at radius 1 is 1.26 bits per heavy atom. The molecule has 0 aliphatic carbocycles. The van der Waals surface area contributed by atoms with Gasteiger partial charge in [0, 0.05) is 31.6 Å². The van der Waals surface area contributed by atoms with Crippen LogP contribution in [0.25, 0.3) is 11.3 Å². The second kappa shape index (κ2) is 6.05. The first-order chi connectivity index (χ1) is 10.9. The number of nitrogens with zero attached hydrogens (tertiary/aromatic N) is 3. The normalized spacial score (nSPS) is 17.5. The molecule has 1 fully saturated rings. The zero-order chi connectivity index (χ0) is 16.6. The van der Waals surface area contributed by atoms with Crippen molar-refractivity contribution < 1.29 is 12.8 Å². The molecule has 1 aliphatic rings. The predicted molar refractivity (Wildman–Crippen MR) is 87.0 cm³/mol. The third kappa shape index (κ3) is 3.30. The highest BCUT2D eigenvalue weighted by atomic mass is 32.2. The largest absolute Gasteiger partial charge is 0.331 e. The highest BCUT2D eigenvalue weighted by Crippen LogP contribution is 2.30. The maximum Gasteiger partial charge on any atom is 0.211 e. The highest BCUT2D eigenvalue weighted by molar-refractivity contribution is 7.88. The van der Waals surface area contributed by atoms with E-state index >= 15 is 0 Å². The molecule has 23 heavy (non-hydrogen) atoms. The van der Waals surface area contributed by atoms with Gasteiger partial charge in [0.05, 0.1) is 18.1 Å². The molecule has 0 amide bonds. The Labute approximate surface area is 135 Å². The van der Waals surface area contributed by atoms with Crippen LogP contribution in [0, 0.1) is 5.82 Å². The van der Waals surface area contributed by atoms with Crippen LogP contribution in [-0.4, -0.2) is 41.6 Å². The van der Waals surface area contributed by atoms with Crippen LogP contribution in [0.3, 0.4) is 0 Å². The van der Waals surface area contributed by atoms with Gasteiger partial charge in [-0.3, -0.25) is 0 Å². The molecule has 3 rings (SSSR count). The molecule has 0 unspecified atom stereocenters. The van der Waals surface area contributed by atoms with Crippen molar-refractivity contribution in [2.24, 2.45) is 7.05 Å². The van der Waals surface area contributed by atoms with E-state index in [0.717, 1.165) is 29.9 Å². The smallest absolute Gasteiger partial charge is 0.211 e. The highest BCUT2D eigenvalue weighted by Gasteiger charge is 2.28. The zero-order valence-electron chi connectivity index (χ0n) is 13.2. The summed E-state index contributed by atoms with van der Waals surface area (Å²) in [5, 5.41) is 0. The Hall–Kier alpha value is -1.73. The Balaban J connectivity index is 1.81. The van der Waals surface area contributed by atoms with Crippen molar-refractivity contribution in [1.82, 2.24) is 13.9 Å². The second-order valence-electron chi connectivity index (χ2n) is 6.01. The van der Waals surface area contributed by atoms with Crippen molar-refractivity contribution in [1.29, 1.82) is 0 Å². The zero-order valence-corrected chi connectivity index (χ0v) is 14.1. The Morgan fingerprint density at radius 3 is 2.57 bits per heavy atom. The van der Waals surface area contributed by atoms with Crippen LogP contribution >= 0.6 is 0 Å². The molecule has 0 atom stereocenters. The first-order valence-electron chi connectivity index (χ1n) is 7.59. The third-order valence-electron chi connectivity index (χ3n) is 4.43. The van der Waals surface area contributed by atoms with E-state index in [0.29, 0.717) is 13.1 Å². The van der Waals surface area contributed by atoms with E-state index in [4.69, 9.17) is 0 Å². The van der Waals surface area contributed by atoms with Crippen LogP contribution in [-0.2, 0) is 17.1 Å². The molecule has 0 bridgehead atoms. The van der Waals surface area contributed by atoms with Gasteiger partial charge in [0.2, 0.25) is 10.0 Å². The molecule has 124 valence electrons. The van der Waals surface area contributed by atoms with Crippen LogP contribution in [0.15, 0.2) is 30.5 Å². The summed E-state index contributed by atoms with van der Waals surface area (Å²) in [7, 11) is -1.20. The lowest BCUT2D eigenvalue weighted by Crippen LogP contribution is -2.37. The number of hydrogen-bond acceptors (Lipinski definition) is 3. The monoisotopic (exact) mass is 337 g/mol.